The summed E-state index contributed by atoms with van der Waals surface area (Å²) >= 11 is 0. The molecule has 1 aliphatic heterocycles. The average molecular weight is 414 g/mol. The van der Waals surface area contributed by atoms with Crippen LogP contribution in [0.2, 0.25) is 0 Å². The van der Waals surface area contributed by atoms with E-state index in [0.29, 0.717) is 11.7 Å². The van der Waals surface area contributed by atoms with Crippen LogP contribution >= 0.6 is 0 Å². The fourth-order valence-electron chi connectivity index (χ4n) is 4.04. The molecule has 0 aliphatic carbocycles. The van der Waals surface area contributed by atoms with E-state index in [0.717, 1.165) is 41.9 Å². The minimum absolute atomic E-state index is 0.254. The first-order chi connectivity index (χ1) is 14.0. The Hall–Kier alpha value is -2.51. The fourth-order valence-corrected chi connectivity index (χ4v) is 5.18. The SMILES string of the molecule is CCN1CCC[C@@H]1CNc1cc(NS(=O)(=O)c2cccc(C)c2)cc2ccoc12. The lowest BCUT2D eigenvalue weighted by Crippen LogP contribution is -2.34. The van der Waals surface area contributed by atoms with Crippen molar-refractivity contribution in [3.05, 3.63) is 54.3 Å². The van der Waals surface area contributed by atoms with Crippen LogP contribution in [0.1, 0.15) is 25.3 Å². The van der Waals surface area contributed by atoms with Crippen molar-refractivity contribution >= 4 is 32.4 Å². The van der Waals surface area contributed by atoms with Gasteiger partial charge in [0.25, 0.3) is 10.0 Å². The van der Waals surface area contributed by atoms with Crippen molar-refractivity contribution in [2.75, 3.05) is 29.7 Å². The van der Waals surface area contributed by atoms with Crippen molar-refractivity contribution in [1.29, 1.82) is 0 Å². The van der Waals surface area contributed by atoms with Crippen LogP contribution in [0, 0.1) is 6.92 Å². The van der Waals surface area contributed by atoms with Crippen LogP contribution in [0.4, 0.5) is 11.4 Å². The average Bonchev–Trinajstić information content (AvgIpc) is 3.34. The molecule has 2 N–H and O–H groups in total. The molecule has 1 saturated heterocycles. The van der Waals surface area contributed by atoms with Crippen molar-refractivity contribution < 1.29 is 12.8 Å². The maximum atomic E-state index is 12.8. The summed E-state index contributed by atoms with van der Waals surface area (Å²) < 4.78 is 34.0. The minimum Gasteiger partial charge on any atom is -0.462 e. The second-order valence-corrected chi connectivity index (χ2v) is 9.27. The Morgan fingerprint density at radius 1 is 1.21 bits per heavy atom. The van der Waals surface area contributed by atoms with E-state index in [-0.39, 0.29) is 4.90 Å². The number of sulfonamides is 1. The lowest BCUT2D eigenvalue weighted by Gasteiger charge is -2.23. The molecule has 0 saturated carbocycles. The monoisotopic (exact) mass is 413 g/mol. The van der Waals surface area contributed by atoms with Gasteiger partial charge >= 0.3 is 0 Å². The van der Waals surface area contributed by atoms with E-state index in [1.165, 1.54) is 12.8 Å². The third-order valence-electron chi connectivity index (χ3n) is 5.54. The Bertz CT molecular complexity index is 1110. The molecule has 0 amide bonds. The normalized spacial score (nSPS) is 17.7. The van der Waals surface area contributed by atoms with Gasteiger partial charge in [-0.1, -0.05) is 19.1 Å². The molecular weight excluding hydrogens is 386 g/mol. The van der Waals surface area contributed by atoms with Crippen LogP contribution < -0.4 is 10.0 Å². The first-order valence-electron chi connectivity index (χ1n) is 10.0. The van der Waals surface area contributed by atoms with Gasteiger partial charge in [-0.25, -0.2) is 8.42 Å². The molecule has 3 aromatic rings. The Morgan fingerprint density at radius 2 is 2.07 bits per heavy atom. The van der Waals surface area contributed by atoms with Gasteiger partial charge in [0.1, 0.15) is 0 Å². The third kappa shape index (κ3) is 4.26. The zero-order chi connectivity index (χ0) is 20.4. The van der Waals surface area contributed by atoms with Gasteiger partial charge in [0.2, 0.25) is 0 Å². The van der Waals surface area contributed by atoms with Gasteiger partial charge in [0.15, 0.2) is 5.58 Å². The Morgan fingerprint density at radius 3 is 2.86 bits per heavy atom. The summed E-state index contributed by atoms with van der Waals surface area (Å²) in [6.45, 7) is 7.04. The molecule has 1 aromatic heterocycles. The summed E-state index contributed by atoms with van der Waals surface area (Å²) in [6.07, 6.45) is 4.01. The highest BCUT2D eigenvalue weighted by Gasteiger charge is 2.23. The summed E-state index contributed by atoms with van der Waals surface area (Å²) in [5.74, 6) is 0. The molecule has 29 heavy (non-hydrogen) atoms. The number of benzene rings is 2. The number of aryl methyl sites for hydroxylation is 1. The topological polar surface area (TPSA) is 74.6 Å². The fraction of sp³-hybridized carbons (Fsp3) is 0.364. The molecule has 6 nitrogen and oxygen atoms in total. The summed E-state index contributed by atoms with van der Waals surface area (Å²) in [4.78, 5) is 2.72. The number of fused-ring (bicyclic) bond motifs is 1. The van der Waals surface area contributed by atoms with Gasteiger partial charge in [-0.15, -0.1) is 0 Å². The van der Waals surface area contributed by atoms with Crippen LogP contribution in [0.25, 0.3) is 11.0 Å². The van der Waals surface area contributed by atoms with Crippen LogP contribution in [-0.2, 0) is 10.0 Å². The molecule has 0 bridgehead atoms. The van der Waals surface area contributed by atoms with Gasteiger partial charge < -0.3 is 9.73 Å². The minimum atomic E-state index is -3.66. The van der Waals surface area contributed by atoms with E-state index >= 15 is 0 Å². The smallest absolute Gasteiger partial charge is 0.261 e. The van der Waals surface area contributed by atoms with Crippen LogP contribution in [-0.4, -0.2) is 39.0 Å². The number of furan rings is 1. The molecule has 4 rings (SSSR count). The van der Waals surface area contributed by atoms with E-state index in [2.05, 4.69) is 21.9 Å². The number of likely N-dealkylation sites (N-methyl/N-ethyl adjacent to an activating group) is 1. The number of hydrogen-bond donors (Lipinski definition) is 2. The second kappa shape index (κ2) is 8.08. The molecule has 1 fully saturated rings. The van der Waals surface area contributed by atoms with Gasteiger partial charge in [-0.05, 0) is 68.8 Å². The third-order valence-corrected chi connectivity index (χ3v) is 6.92. The summed E-state index contributed by atoms with van der Waals surface area (Å²) in [5.41, 5.74) is 2.96. The van der Waals surface area contributed by atoms with Crippen molar-refractivity contribution in [1.82, 2.24) is 4.90 Å². The van der Waals surface area contributed by atoms with E-state index in [9.17, 15) is 8.42 Å². The van der Waals surface area contributed by atoms with Gasteiger partial charge in [-0.3, -0.25) is 9.62 Å². The quantitative estimate of drug-likeness (QED) is 0.599. The Balaban J connectivity index is 1.59. The molecular formula is C22H27N3O3S. The zero-order valence-corrected chi connectivity index (χ0v) is 17.6. The lowest BCUT2D eigenvalue weighted by atomic mass is 10.2. The highest BCUT2D eigenvalue weighted by atomic mass is 32.2. The van der Waals surface area contributed by atoms with Gasteiger partial charge in [0.05, 0.1) is 22.5 Å². The van der Waals surface area contributed by atoms with Crippen molar-refractivity contribution in [2.24, 2.45) is 0 Å². The lowest BCUT2D eigenvalue weighted by molar-refractivity contribution is 0.277. The summed E-state index contributed by atoms with van der Waals surface area (Å²) in [5, 5.41) is 4.34. The molecule has 0 spiro atoms. The standard InChI is InChI=1S/C22H27N3O3S/c1-3-25-10-5-7-19(25)15-23-21-14-18(13-17-9-11-28-22(17)21)24-29(26,27)20-8-4-6-16(2)12-20/h4,6,8-9,11-14,19,23-24H,3,5,7,10,15H2,1-2H3/t19-/m1/s1. The molecule has 0 radical (unpaired) electrons. The predicted molar refractivity (Wildman–Crippen MR) is 117 cm³/mol. The Kier molecular flexibility index (Phi) is 5.52. The molecule has 154 valence electrons. The van der Waals surface area contributed by atoms with Crippen molar-refractivity contribution in [3.8, 4) is 0 Å². The Labute approximate surface area is 171 Å². The van der Waals surface area contributed by atoms with E-state index in [1.807, 2.05) is 25.1 Å². The summed E-state index contributed by atoms with van der Waals surface area (Å²) in [7, 11) is -3.66. The first-order valence-corrected chi connectivity index (χ1v) is 11.5. The molecule has 7 heteroatoms. The maximum Gasteiger partial charge on any atom is 0.261 e. The van der Waals surface area contributed by atoms with Crippen LogP contribution in [0.15, 0.2) is 58.0 Å². The number of likely N-dealkylation sites (tertiary alicyclic amines) is 1. The molecule has 1 atom stereocenters. The number of hydrogen-bond acceptors (Lipinski definition) is 5. The number of nitrogens with zero attached hydrogens (tertiary/aromatic N) is 1. The number of nitrogens with one attached hydrogen (secondary N) is 2. The second-order valence-electron chi connectivity index (χ2n) is 7.59. The largest absolute Gasteiger partial charge is 0.462 e. The highest BCUT2D eigenvalue weighted by Crippen LogP contribution is 2.31. The summed E-state index contributed by atoms with van der Waals surface area (Å²) in [6, 6.07) is 12.8. The zero-order valence-electron chi connectivity index (χ0n) is 16.8. The highest BCUT2D eigenvalue weighted by molar-refractivity contribution is 7.92. The molecule has 2 heterocycles. The van der Waals surface area contributed by atoms with Crippen LogP contribution in [0.3, 0.4) is 0 Å². The molecule has 0 unspecified atom stereocenters. The predicted octanol–water partition coefficient (Wildman–Crippen LogP) is 4.44. The molecule has 1 aliphatic rings. The first kappa shape index (κ1) is 19.8. The maximum absolute atomic E-state index is 12.8. The van der Waals surface area contributed by atoms with E-state index in [1.54, 1.807) is 30.5 Å². The van der Waals surface area contributed by atoms with Crippen molar-refractivity contribution in [2.45, 2.75) is 37.6 Å². The van der Waals surface area contributed by atoms with Gasteiger partial charge in [-0.2, -0.15) is 0 Å². The van der Waals surface area contributed by atoms with Crippen LogP contribution in [0.5, 0.6) is 0 Å². The van der Waals surface area contributed by atoms with E-state index < -0.39 is 10.0 Å². The number of anilines is 2. The molecule has 2 aromatic carbocycles. The van der Waals surface area contributed by atoms with Gasteiger partial charge in [0, 0.05) is 18.0 Å². The van der Waals surface area contributed by atoms with E-state index in [4.69, 9.17) is 4.42 Å². The van der Waals surface area contributed by atoms with Crippen molar-refractivity contribution in [3.63, 3.8) is 0 Å². The number of rotatable bonds is 7.